The number of hydrogen-bond donors (Lipinski definition) is 1. The number of benzene rings is 1. The van der Waals surface area contributed by atoms with E-state index in [1.807, 2.05) is 0 Å². The number of thioether (sulfide) groups is 1. The average molecular weight is 238 g/mol. The molecule has 0 radical (unpaired) electrons. The molecule has 0 heterocycles. The average Bonchev–Trinajstić information content (AvgIpc) is 2.29. The third-order valence-electron chi connectivity index (χ3n) is 2.34. The fraction of sp³-hybridized carbons (Fsp3) is 0.417. The van der Waals surface area contributed by atoms with Gasteiger partial charge in [-0.25, -0.2) is 4.39 Å². The van der Waals surface area contributed by atoms with Crippen molar-refractivity contribution in [3.05, 3.63) is 35.1 Å². The molecular weight excluding hydrogens is 223 g/mol. The Bertz CT molecular complexity index is 387. The second-order valence-electron chi connectivity index (χ2n) is 3.59. The summed E-state index contributed by atoms with van der Waals surface area (Å²) in [5.74, 6) is -0.297. The van der Waals surface area contributed by atoms with E-state index >= 15 is 0 Å². The minimum absolute atomic E-state index is 0.297. The molecule has 0 saturated heterocycles. The molecule has 0 bridgehead atoms. The Kier molecular flexibility index (Phi) is 5.30. The molecule has 1 unspecified atom stereocenters. The van der Waals surface area contributed by atoms with Gasteiger partial charge in [0.25, 0.3) is 0 Å². The van der Waals surface area contributed by atoms with Crippen LogP contribution in [0.2, 0.25) is 0 Å². The Hall–Kier alpha value is -1.05. The van der Waals surface area contributed by atoms with Crippen molar-refractivity contribution in [2.45, 2.75) is 18.7 Å². The third-order valence-corrected chi connectivity index (χ3v) is 3.31. The highest BCUT2D eigenvalue weighted by molar-refractivity contribution is 7.99. The molecule has 0 aliphatic carbocycles. The van der Waals surface area contributed by atoms with Gasteiger partial charge in [0, 0.05) is 18.3 Å². The summed E-state index contributed by atoms with van der Waals surface area (Å²) in [6.07, 6.45) is 2.05. The van der Waals surface area contributed by atoms with E-state index in [-0.39, 0.29) is 5.82 Å². The minimum Gasteiger partial charge on any atom is -0.312 e. The lowest BCUT2D eigenvalue weighted by Crippen LogP contribution is -2.22. The first kappa shape index (κ1) is 13.0. The number of nitriles is 1. The number of nitrogens with zero attached hydrogens (tertiary/aromatic N) is 1. The number of hydrogen-bond acceptors (Lipinski definition) is 3. The van der Waals surface area contributed by atoms with Crippen LogP contribution >= 0.6 is 11.8 Å². The van der Waals surface area contributed by atoms with Crippen LogP contribution < -0.4 is 5.32 Å². The van der Waals surface area contributed by atoms with Crippen molar-refractivity contribution in [1.82, 2.24) is 5.32 Å². The van der Waals surface area contributed by atoms with Crippen LogP contribution in [0.5, 0.6) is 0 Å². The maximum atomic E-state index is 13.0. The van der Waals surface area contributed by atoms with Crippen LogP contribution in [0.25, 0.3) is 0 Å². The molecule has 0 saturated carbocycles. The van der Waals surface area contributed by atoms with Crippen molar-refractivity contribution in [3.63, 3.8) is 0 Å². The predicted molar refractivity (Wildman–Crippen MR) is 65.8 cm³/mol. The quantitative estimate of drug-likeness (QED) is 0.856. The molecule has 0 aromatic heterocycles. The van der Waals surface area contributed by atoms with E-state index in [0.717, 1.165) is 12.1 Å². The summed E-state index contributed by atoms with van der Waals surface area (Å²) in [4.78, 5) is 0. The second kappa shape index (κ2) is 6.51. The molecule has 0 spiro atoms. The molecule has 0 aliphatic rings. The highest BCUT2D eigenvalue weighted by Gasteiger charge is 2.04. The Morgan fingerprint density at radius 1 is 1.56 bits per heavy atom. The van der Waals surface area contributed by atoms with E-state index in [9.17, 15) is 4.39 Å². The molecule has 1 atom stereocenters. The normalized spacial score (nSPS) is 12.1. The second-order valence-corrected chi connectivity index (χ2v) is 4.87. The molecule has 0 amide bonds. The van der Waals surface area contributed by atoms with E-state index in [0.29, 0.717) is 17.4 Å². The van der Waals surface area contributed by atoms with Crippen molar-refractivity contribution >= 4 is 11.8 Å². The molecule has 86 valence electrons. The molecule has 1 aromatic rings. The lowest BCUT2D eigenvalue weighted by molar-refractivity contribution is 0.619. The zero-order valence-electron chi connectivity index (χ0n) is 9.46. The molecule has 1 aromatic carbocycles. The molecule has 1 N–H and O–H groups in total. The molecular formula is C12H15FN2S. The van der Waals surface area contributed by atoms with Crippen LogP contribution in [-0.4, -0.2) is 18.1 Å². The van der Waals surface area contributed by atoms with E-state index < -0.39 is 0 Å². The lowest BCUT2D eigenvalue weighted by Gasteiger charge is -2.10. The zero-order chi connectivity index (χ0) is 12.0. The van der Waals surface area contributed by atoms with Crippen molar-refractivity contribution in [2.24, 2.45) is 0 Å². The third kappa shape index (κ3) is 3.84. The van der Waals surface area contributed by atoms with Crippen LogP contribution in [0, 0.1) is 17.1 Å². The largest absolute Gasteiger partial charge is 0.312 e. The summed E-state index contributed by atoms with van der Waals surface area (Å²) in [5.41, 5.74) is 1.25. The van der Waals surface area contributed by atoms with Crippen molar-refractivity contribution < 1.29 is 4.39 Å². The van der Waals surface area contributed by atoms with Gasteiger partial charge in [0.05, 0.1) is 11.6 Å². The lowest BCUT2D eigenvalue weighted by atomic mass is 10.1. The van der Waals surface area contributed by atoms with E-state index in [2.05, 4.69) is 24.6 Å². The Balaban J connectivity index is 2.59. The summed E-state index contributed by atoms with van der Waals surface area (Å²) in [7, 11) is 0. The summed E-state index contributed by atoms with van der Waals surface area (Å²) >= 11 is 1.77. The molecule has 1 rings (SSSR count). The smallest absolute Gasteiger partial charge is 0.123 e. The van der Waals surface area contributed by atoms with Gasteiger partial charge in [-0.05, 0) is 30.0 Å². The maximum Gasteiger partial charge on any atom is 0.123 e. The first-order chi connectivity index (χ1) is 7.67. The van der Waals surface area contributed by atoms with Gasteiger partial charge in [-0.15, -0.1) is 0 Å². The van der Waals surface area contributed by atoms with Crippen LogP contribution in [0.15, 0.2) is 18.2 Å². The van der Waals surface area contributed by atoms with Crippen LogP contribution in [0.4, 0.5) is 4.39 Å². The van der Waals surface area contributed by atoms with Gasteiger partial charge in [0.2, 0.25) is 0 Å². The first-order valence-corrected chi connectivity index (χ1v) is 6.38. The zero-order valence-corrected chi connectivity index (χ0v) is 10.3. The predicted octanol–water partition coefficient (Wildman–Crippen LogP) is 2.54. The highest BCUT2D eigenvalue weighted by atomic mass is 32.2. The van der Waals surface area contributed by atoms with Gasteiger partial charge in [-0.3, -0.25) is 0 Å². The Morgan fingerprint density at radius 3 is 2.94 bits per heavy atom. The molecule has 4 heteroatoms. The van der Waals surface area contributed by atoms with Gasteiger partial charge >= 0.3 is 0 Å². The monoisotopic (exact) mass is 238 g/mol. The molecule has 0 aliphatic heterocycles. The van der Waals surface area contributed by atoms with E-state index in [4.69, 9.17) is 5.26 Å². The molecule has 2 nitrogen and oxygen atoms in total. The van der Waals surface area contributed by atoms with Gasteiger partial charge in [-0.2, -0.15) is 17.0 Å². The highest BCUT2D eigenvalue weighted by Crippen LogP contribution is 2.10. The fourth-order valence-electron chi connectivity index (χ4n) is 1.31. The van der Waals surface area contributed by atoms with Gasteiger partial charge in [-0.1, -0.05) is 6.92 Å². The first-order valence-electron chi connectivity index (χ1n) is 5.09. The molecule has 0 fully saturated rings. The molecule has 16 heavy (non-hydrogen) atoms. The Labute approximate surface area is 99.9 Å². The topological polar surface area (TPSA) is 35.8 Å². The standard InChI is InChI=1S/C12H15FN2S/c1-9(16-2)7-15-8-11-5-12(13)4-3-10(11)6-14/h3-5,9,15H,7-8H2,1-2H3. The van der Waals surface area contributed by atoms with Crippen LogP contribution in [0.3, 0.4) is 0 Å². The van der Waals surface area contributed by atoms with E-state index in [1.165, 1.54) is 18.2 Å². The van der Waals surface area contributed by atoms with E-state index in [1.54, 1.807) is 11.8 Å². The summed E-state index contributed by atoms with van der Waals surface area (Å²) in [5, 5.41) is 12.6. The van der Waals surface area contributed by atoms with Gasteiger partial charge in [0.15, 0.2) is 0 Å². The van der Waals surface area contributed by atoms with Crippen molar-refractivity contribution in [2.75, 3.05) is 12.8 Å². The summed E-state index contributed by atoms with van der Waals surface area (Å²) < 4.78 is 13.0. The Morgan fingerprint density at radius 2 is 2.31 bits per heavy atom. The van der Waals surface area contributed by atoms with Crippen molar-refractivity contribution in [3.8, 4) is 6.07 Å². The van der Waals surface area contributed by atoms with Crippen LogP contribution in [0.1, 0.15) is 18.1 Å². The van der Waals surface area contributed by atoms with Gasteiger partial charge in [0.1, 0.15) is 5.82 Å². The summed E-state index contributed by atoms with van der Waals surface area (Å²) in [6.45, 7) is 3.50. The number of rotatable bonds is 5. The number of halogens is 1. The SMILES string of the molecule is CSC(C)CNCc1cc(F)ccc1C#N. The van der Waals surface area contributed by atoms with Crippen LogP contribution in [-0.2, 0) is 6.54 Å². The number of nitrogens with one attached hydrogen (secondary N) is 1. The van der Waals surface area contributed by atoms with Crippen molar-refractivity contribution in [1.29, 1.82) is 5.26 Å². The summed E-state index contributed by atoms with van der Waals surface area (Å²) in [6, 6.07) is 6.31. The maximum absolute atomic E-state index is 13.0. The van der Waals surface area contributed by atoms with Gasteiger partial charge < -0.3 is 5.32 Å². The fourth-order valence-corrected chi connectivity index (χ4v) is 1.60. The minimum atomic E-state index is -0.297.